The fourth-order valence-electron chi connectivity index (χ4n) is 2.43. The number of nitrogens with one attached hydrogen (secondary N) is 1. The van der Waals surface area contributed by atoms with Gasteiger partial charge in [0.15, 0.2) is 15.0 Å². The molecular weight excluding hydrogens is 387 g/mol. The lowest BCUT2D eigenvalue weighted by molar-refractivity contribution is -0.113. The zero-order valence-corrected chi connectivity index (χ0v) is 16.1. The number of nitrogens with zero attached hydrogens (tertiary/aromatic N) is 1. The Kier molecular flexibility index (Phi) is 5.67. The number of aryl methyl sites for hydroxylation is 1. The second kappa shape index (κ2) is 7.98. The van der Waals surface area contributed by atoms with Crippen LogP contribution in [0, 0.1) is 5.82 Å². The molecule has 27 heavy (non-hydrogen) atoms. The van der Waals surface area contributed by atoms with Crippen LogP contribution in [0.1, 0.15) is 12.5 Å². The van der Waals surface area contributed by atoms with E-state index in [2.05, 4.69) is 17.2 Å². The Morgan fingerprint density at radius 3 is 2.41 bits per heavy atom. The minimum absolute atomic E-state index is 0.102. The third kappa shape index (κ3) is 4.78. The standard InChI is InChI=1S/C19H17FN2O3S2/c1-2-13-3-5-14(6-4-13)17-11-26-19(21-17)22-18(23)12-27(24,25)16-9-7-15(20)8-10-16/h3-11H,2,12H2,1H3,(H,21,22,23). The van der Waals surface area contributed by atoms with E-state index in [1.54, 1.807) is 5.38 Å². The Morgan fingerprint density at radius 1 is 1.11 bits per heavy atom. The van der Waals surface area contributed by atoms with Crippen molar-refractivity contribution < 1.29 is 17.6 Å². The second-order valence-electron chi connectivity index (χ2n) is 5.85. The number of sulfone groups is 1. The zero-order valence-electron chi connectivity index (χ0n) is 14.5. The monoisotopic (exact) mass is 404 g/mol. The van der Waals surface area contributed by atoms with Gasteiger partial charge < -0.3 is 5.32 Å². The number of carbonyl (C=O) groups excluding carboxylic acids is 1. The number of benzene rings is 2. The number of halogens is 1. The van der Waals surface area contributed by atoms with Crippen LogP contribution >= 0.6 is 11.3 Å². The Morgan fingerprint density at radius 2 is 1.78 bits per heavy atom. The molecule has 0 radical (unpaired) electrons. The van der Waals surface area contributed by atoms with Crippen molar-refractivity contribution in [3.05, 3.63) is 65.3 Å². The minimum atomic E-state index is -3.85. The second-order valence-corrected chi connectivity index (χ2v) is 8.70. The highest BCUT2D eigenvalue weighted by molar-refractivity contribution is 7.92. The van der Waals surface area contributed by atoms with E-state index >= 15 is 0 Å². The molecule has 0 bridgehead atoms. The molecule has 0 spiro atoms. The molecule has 0 saturated heterocycles. The number of rotatable bonds is 6. The molecule has 3 rings (SSSR count). The summed E-state index contributed by atoms with van der Waals surface area (Å²) in [5.41, 5.74) is 2.84. The fourth-order valence-corrected chi connectivity index (χ4v) is 4.30. The predicted octanol–water partition coefficient (Wildman–Crippen LogP) is 3.92. The van der Waals surface area contributed by atoms with E-state index in [9.17, 15) is 17.6 Å². The highest BCUT2D eigenvalue weighted by Crippen LogP contribution is 2.25. The van der Waals surface area contributed by atoms with Gasteiger partial charge in [-0.3, -0.25) is 4.79 Å². The van der Waals surface area contributed by atoms with E-state index in [0.717, 1.165) is 36.2 Å². The molecule has 1 heterocycles. The fraction of sp³-hybridized carbons (Fsp3) is 0.158. The van der Waals surface area contributed by atoms with Crippen LogP contribution in [-0.4, -0.2) is 25.1 Å². The van der Waals surface area contributed by atoms with Gasteiger partial charge in [0.05, 0.1) is 10.6 Å². The number of hydrogen-bond donors (Lipinski definition) is 1. The first kappa shape index (κ1) is 19.2. The zero-order chi connectivity index (χ0) is 19.4. The molecule has 140 valence electrons. The van der Waals surface area contributed by atoms with Crippen LogP contribution in [0.2, 0.25) is 0 Å². The van der Waals surface area contributed by atoms with Gasteiger partial charge in [0.2, 0.25) is 5.91 Å². The van der Waals surface area contributed by atoms with Crippen LogP contribution in [-0.2, 0) is 21.1 Å². The van der Waals surface area contributed by atoms with E-state index in [0.29, 0.717) is 10.8 Å². The number of hydrogen-bond acceptors (Lipinski definition) is 5. The summed E-state index contributed by atoms with van der Waals surface area (Å²) in [5, 5.41) is 4.63. The van der Waals surface area contributed by atoms with Gasteiger partial charge in [-0.05, 0) is 36.2 Å². The van der Waals surface area contributed by atoms with Crippen molar-refractivity contribution in [2.45, 2.75) is 18.2 Å². The normalized spacial score (nSPS) is 11.3. The topological polar surface area (TPSA) is 76.1 Å². The van der Waals surface area contributed by atoms with Crippen LogP contribution in [0.25, 0.3) is 11.3 Å². The SMILES string of the molecule is CCc1ccc(-c2csc(NC(=O)CS(=O)(=O)c3ccc(F)cc3)n2)cc1. The lowest BCUT2D eigenvalue weighted by atomic mass is 10.1. The first-order valence-corrected chi connectivity index (χ1v) is 10.7. The minimum Gasteiger partial charge on any atom is -0.301 e. The van der Waals surface area contributed by atoms with Gasteiger partial charge in [0.25, 0.3) is 0 Å². The quantitative estimate of drug-likeness (QED) is 0.632. The van der Waals surface area contributed by atoms with Gasteiger partial charge in [-0.1, -0.05) is 31.2 Å². The predicted molar refractivity (Wildman–Crippen MR) is 104 cm³/mol. The third-order valence-corrected chi connectivity index (χ3v) is 6.29. The largest absolute Gasteiger partial charge is 0.301 e. The highest BCUT2D eigenvalue weighted by Gasteiger charge is 2.20. The molecule has 3 aromatic rings. The lowest BCUT2D eigenvalue weighted by Gasteiger charge is -2.04. The number of thiazole rings is 1. The molecule has 0 fully saturated rings. The van der Waals surface area contributed by atoms with Crippen molar-refractivity contribution in [1.29, 1.82) is 0 Å². The molecule has 0 aliphatic rings. The first-order chi connectivity index (χ1) is 12.9. The number of amides is 1. The highest BCUT2D eigenvalue weighted by atomic mass is 32.2. The van der Waals surface area contributed by atoms with E-state index in [-0.39, 0.29) is 4.90 Å². The summed E-state index contributed by atoms with van der Waals surface area (Å²) in [6.45, 7) is 2.07. The van der Waals surface area contributed by atoms with Crippen molar-refractivity contribution in [2.75, 3.05) is 11.1 Å². The van der Waals surface area contributed by atoms with E-state index in [1.165, 1.54) is 16.9 Å². The maximum absolute atomic E-state index is 12.9. The van der Waals surface area contributed by atoms with Gasteiger partial charge >= 0.3 is 0 Å². The van der Waals surface area contributed by atoms with Crippen LogP contribution < -0.4 is 5.32 Å². The maximum atomic E-state index is 12.9. The Labute approximate surface area is 160 Å². The third-order valence-electron chi connectivity index (χ3n) is 3.90. The lowest BCUT2D eigenvalue weighted by Crippen LogP contribution is -2.23. The smallest absolute Gasteiger partial charge is 0.241 e. The summed E-state index contributed by atoms with van der Waals surface area (Å²) >= 11 is 1.22. The van der Waals surface area contributed by atoms with Crippen molar-refractivity contribution >= 4 is 32.2 Å². The molecule has 0 saturated carbocycles. The number of aromatic nitrogens is 1. The van der Waals surface area contributed by atoms with Gasteiger partial charge in [-0.2, -0.15) is 0 Å². The summed E-state index contributed by atoms with van der Waals surface area (Å²) in [7, 11) is -3.85. The average molecular weight is 404 g/mol. The summed E-state index contributed by atoms with van der Waals surface area (Å²) in [5.74, 6) is -1.97. The Hall–Kier alpha value is -2.58. The molecule has 8 heteroatoms. The van der Waals surface area contributed by atoms with Gasteiger partial charge in [0.1, 0.15) is 11.6 Å². The summed E-state index contributed by atoms with van der Waals surface area (Å²) in [4.78, 5) is 16.3. The van der Waals surface area contributed by atoms with E-state index in [4.69, 9.17) is 0 Å². The summed E-state index contributed by atoms with van der Waals surface area (Å²) in [6.07, 6.45) is 0.946. The molecule has 1 N–H and O–H groups in total. The Bertz CT molecular complexity index is 1040. The molecule has 1 amide bonds. The molecule has 0 aliphatic heterocycles. The van der Waals surface area contributed by atoms with E-state index < -0.39 is 27.3 Å². The molecule has 1 aromatic heterocycles. The van der Waals surface area contributed by atoms with Gasteiger partial charge in [-0.25, -0.2) is 17.8 Å². The number of carbonyl (C=O) groups is 1. The number of anilines is 1. The van der Waals surface area contributed by atoms with Gasteiger partial charge in [-0.15, -0.1) is 11.3 Å². The summed E-state index contributed by atoms with van der Waals surface area (Å²) < 4.78 is 37.4. The van der Waals surface area contributed by atoms with Crippen molar-refractivity contribution in [3.8, 4) is 11.3 Å². The van der Waals surface area contributed by atoms with Crippen molar-refractivity contribution in [2.24, 2.45) is 0 Å². The van der Waals surface area contributed by atoms with Crippen molar-refractivity contribution in [3.63, 3.8) is 0 Å². The first-order valence-electron chi connectivity index (χ1n) is 8.20. The molecule has 0 aliphatic carbocycles. The molecule has 2 aromatic carbocycles. The van der Waals surface area contributed by atoms with Crippen molar-refractivity contribution in [1.82, 2.24) is 4.98 Å². The molecule has 0 unspecified atom stereocenters. The van der Waals surface area contributed by atoms with Crippen LogP contribution in [0.15, 0.2) is 58.8 Å². The average Bonchev–Trinajstić information content (AvgIpc) is 3.10. The molecular formula is C19H17FN2O3S2. The molecule has 0 atom stereocenters. The van der Waals surface area contributed by atoms with Gasteiger partial charge in [0, 0.05) is 10.9 Å². The van der Waals surface area contributed by atoms with Crippen LogP contribution in [0.5, 0.6) is 0 Å². The summed E-state index contributed by atoms with van der Waals surface area (Å²) in [6, 6.07) is 12.3. The Balaban J connectivity index is 1.67. The van der Waals surface area contributed by atoms with Crippen LogP contribution in [0.4, 0.5) is 9.52 Å². The van der Waals surface area contributed by atoms with Crippen LogP contribution in [0.3, 0.4) is 0 Å². The molecule has 5 nitrogen and oxygen atoms in total. The maximum Gasteiger partial charge on any atom is 0.241 e. The van der Waals surface area contributed by atoms with E-state index in [1.807, 2.05) is 24.3 Å².